The van der Waals surface area contributed by atoms with Gasteiger partial charge in [-0.15, -0.1) is 5.92 Å². The van der Waals surface area contributed by atoms with Crippen molar-refractivity contribution < 1.29 is 4.74 Å². The van der Waals surface area contributed by atoms with E-state index in [4.69, 9.17) is 4.74 Å². The first-order chi connectivity index (χ1) is 6.92. The Morgan fingerprint density at radius 2 is 2.00 bits per heavy atom. The van der Waals surface area contributed by atoms with E-state index in [0.29, 0.717) is 0 Å². The topological polar surface area (TPSA) is 9.23 Å². The summed E-state index contributed by atoms with van der Waals surface area (Å²) in [5.41, 5.74) is 1.19. The third-order valence-corrected chi connectivity index (χ3v) is 2.28. The zero-order chi connectivity index (χ0) is 9.80. The minimum Gasteiger partial charge on any atom is -0.492 e. The van der Waals surface area contributed by atoms with Crippen molar-refractivity contribution in [2.24, 2.45) is 5.92 Å². The van der Waals surface area contributed by atoms with Gasteiger partial charge in [0.05, 0.1) is 12.2 Å². The normalized spacial score (nSPS) is 23.8. The fourth-order valence-electron chi connectivity index (χ4n) is 1.62. The second kappa shape index (κ2) is 4.02. The SMILES string of the molecule is CC#C[C@H]1C=CO[C@H]1c1ccccc1. The third kappa shape index (κ3) is 1.65. The van der Waals surface area contributed by atoms with Crippen LogP contribution in [-0.2, 0) is 4.74 Å². The number of hydrogen-bond donors (Lipinski definition) is 0. The first kappa shape index (κ1) is 8.90. The Hall–Kier alpha value is -1.68. The zero-order valence-corrected chi connectivity index (χ0v) is 8.10. The van der Waals surface area contributed by atoms with E-state index >= 15 is 0 Å². The summed E-state index contributed by atoms with van der Waals surface area (Å²) >= 11 is 0. The maximum Gasteiger partial charge on any atom is 0.140 e. The second-order valence-corrected chi connectivity index (χ2v) is 3.22. The highest BCUT2D eigenvalue weighted by molar-refractivity contribution is 5.26. The van der Waals surface area contributed by atoms with Crippen molar-refractivity contribution in [1.29, 1.82) is 0 Å². The third-order valence-electron chi connectivity index (χ3n) is 2.28. The summed E-state index contributed by atoms with van der Waals surface area (Å²) < 4.78 is 5.52. The summed E-state index contributed by atoms with van der Waals surface area (Å²) in [5.74, 6) is 6.26. The Bertz CT molecular complexity index is 381. The first-order valence-electron chi connectivity index (χ1n) is 4.71. The van der Waals surface area contributed by atoms with Crippen LogP contribution < -0.4 is 0 Å². The molecule has 14 heavy (non-hydrogen) atoms. The Labute approximate surface area is 84.4 Å². The van der Waals surface area contributed by atoms with Crippen LogP contribution in [0.3, 0.4) is 0 Å². The van der Waals surface area contributed by atoms with Crippen molar-refractivity contribution in [2.45, 2.75) is 13.0 Å². The van der Waals surface area contributed by atoms with Gasteiger partial charge in [-0.25, -0.2) is 0 Å². The van der Waals surface area contributed by atoms with Crippen molar-refractivity contribution >= 4 is 0 Å². The molecule has 0 spiro atoms. The summed E-state index contributed by atoms with van der Waals surface area (Å²) in [6, 6.07) is 10.2. The molecule has 1 aromatic carbocycles. The average Bonchev–Trinajstić information content (AvgIpc) is 2.68. The molecule has 2 rings (SSSR count). The molecule has 0 bridgehead atoms. The largest absolute Gasteiger partial charge is 0.492 e. The lowest BCUT2D eigenvalue weighted by atomic mass is 9.97. The second-order valence-electron chi connectivity index (χ2n) is 3.22. The minimum absolute atomic E-state index is 0.0728. The average molecular weight is 184 g/mol. The lowest BCUT2D eigenvalue weighted by molar-refractivity contribution is 0.153. The lowest BCUT2D eigenvalue weighted by Gasteiger charge is -2.14. The maximum atomic E-state index is 5.52. The lowest BCUT2D eigenvalue weighted by Crippen LogP contribution is -2.05. The van der Waals surface area contributed by atoms with Crippen molar-refractivity contribution in [3.05, 3.63) is 48.2 Å². The van der Waals surface area contributed by atoms with Crippen LogP contribution in [-0.4, -0.2) is 0 Å². The van der Waals surface area contributed by atoms with Crippen molar-refractivity contribution in [1.82, 2.24) is 0 Å². The van der Waals surface area contributed by atoms with E-state index in [1.165, 1.54) is 5.56 Å². The van der Waals surface area contributed by atoms with E-state index in [9.17, 15) is 0 Å². The molecule has 1 aliphatic rings. The molecular formula is C13H12O. The quantitative estimate of drug-likeness (QED) is 0.610. The van der Waals surface area contributed by atoms with Crippen LogP contribution in [0.15, 0.2) is 42.7 Å². The van der Waals surface area contributed by atoms with Crippen molar-refractivity contribution in [2.75, 3.05) is 0 Å². The molecule has 0 aromatic heterocycles. The predicted molar refractivity (Wildman–Crippen MR) is 56.3 cm³/mol. The van der Waals surface area contributed by atoms with Crippen molar-refractivity contribution in [3.8, 4) is 11.8 Å². The Morgan fingerprint density at radius 1 is 1.21 bits per heavy atom. The Morgan fingerprint density at radius 3 is 2.71 bits per heavy atom. The van der Waals surface area contributed by atoms with Gasteiger partial charge in [0.1, 0.15) is 6.10 Å². The molecule has 1 aliphatic heterocycles. The molecule has 2 atom stereocenters. The standard InChI is InChI=1S/C13H12O/c1-2-6-11-9-10-14-13(11)12-7-4-3-5-8-12/h3-5,7-11,13H,1H3/t11-,13+/m0/s1. The molecule has 0 unspecified atom stereocenters. The summed E-state index contributed by atoms with van der Waals surface area (Å²) in [5, 5.41) is 0. The molecule has 0 fully saturated rings. The van der Waals surface area contributed by atoms with Crippen molar-refractivity contribution in [3.63, 3.8) is 0 Å². The van der Waals surface area contributed by atoms with Crippen LogP contribution in [0.1, 0.15) is 18.6 Å². The van der Waals surface area contributed by atoms with Gasteiger partial charge in [-0.3, -0.25) is 0 Å². The molecule has 0 aliphatic carbocycles. The van der Waals surface area contributed by atoms with E-state index in [-0.39, 0.29) is 12.0 Å². The monoisotopic (exact) mass is 184 g/mol. The van der Waals surface area contributed by atoms with Gasteiger partial charge in [-0.05, 0) is 18.6 Å². The fraction of sp³-hybridized carbons (Fsp3) is 0.231. The summed E-state index contributed by atoms with van der Waals surface area (Å²) in [4.78, 5) is 0. The van der Waals surface area contributed by atoms with Crippen LogP contribution >= 0.6 is 0 Å². The highest BCUT2D eigenvalue weighted by atomic mass is 16.5. The molecule has 1 heteroatoms. The molecular weight excluding hydrogens is 172 g/mol. The summed E-state index contributed by atoms with van der Waals surface area (Å²) in [7, 11) is 0. The first-order valence-corrected chi connectivity index (χ1v) is 4.71. The van der Waals surface area contributed by atoms with Gasteiger partial charge in [0.25, 0.3) is 0 Å². The molecule has 1 aromatic rings. The van der Waals surface area contributed by atoms with Gasteiger partial charge in [-0.2, -0.15) is 0 Å². The fourth-order valence-corrected chi connectivity index (χ4v) is 1.62. The molecule has 0 saturated carbocycles. The smallest absolute Gasteiger partial charge is 0.140 e. The molecule has 0 N–H and O–H groups in total. The molecule has 0 amide bonds. The molecule has 0 radical (unpaired) electrons. The summed E-state index contributed by atoms with van der Waals surface area (Å²) in [6.07, 6.45) is 3.82. The van der Waals surface area contributed by atoms with Gasteiger partial charge < -0.3 is 4.74 Å². The number of hydrogen-bond acceptors (Lipinski definition) is 1. The van der Waals surface area contributed by atoms with Gasteiger partial charge in [0.15, 0.2) is 0 Å². The number of benzene rings is 1. The Balaban J connectivity index is 2.23. The van der Waals surface area contributed by atoms with Crippen LogP contribution in [0.4, 0.5) is 0 Å². The molecule has 1 heterocycles. The van der Waals surface area contributed by atoms with Crippen LogP contribution in [0.5, 0.6) is 0 Å². The van der Waals surface area contributed by atoms with E-state index in [1.807, 2.05) is 31.2 Å². The van der Waals surface area contributed by atoms with Gasteiger partial charge in [-0.1, -0.05) is 36.3 Å². The van der Waals surface area contributed by atoms with Crippen LogP contribution in [0.25, 0.3) is 0 Å². The number of ether oxygens (including phenoxy) is 1. The molecule has 1 nitrogen and oxygen atoms in total. The van der Waals surface area contributed by atoms with E-state index < -0.39 is 0 Å². The van der Waals surface area contributed by atoms with Gasteiger partial charge in [0.2, 0.25) is 0 Å². The predicted octanol–water partition coefficient (Wildman–Crippen LogP) is 2.91. The van der Waals surface area contributed by atoms with E-state index in [2.05, 4.69) is 24.0 Å². The molecule has 70 valence electrons. The minimum atomic E-state index is 0.0728. The molecule has 0 saturated heterocycles. The van der Waals surface area contributed by atoms with Crippen LogP contribution in [0.2, 0.25) is 0 Å². The zero-order valence-electron chi connectivity index (χ0n) is 8.10. The van der Waals surface area contributed by atoms with Gasteiger partial charge in [0, 0.05) is 0 Å². The highest BCUT2D eigenvalue weighted by Crippen LogP contribution is 2.31. The van der Waals surface area contributed by atoms with E-state index in [1.54, 1.807) is 6.26 Å². The number of rotatable bonds is 1. The van der Waals surface area contributed by atoms with Gasteiger partial charge >= 0.3 is 0 Å². The summed E-state index contributed by atoms with van der Waals surface area (Å²) in [6.45, 7) is 1.86. The van der Waals surface area contributed by atoms with Crippen LogP contribution in [0, 0.1) is 17.8 Å². The highest BCUT2D eigenvalue weighted by Gasteiger charge is 2.23. The van der Waals surface area contributed by atoms with E-state index in [0.717, 1.165) is 0 Å². The maximum absolute atomic E-state index is 5.52. The Kier molecular flexibility index (Phi) is 2.55.